The number of amides is 1. The zero-order valence-electron chi connectivity index (χ0n) is 20.2. The first-order chi connectivity index (χ1) is 16.2. The Hall–Kier alpha value is -3.73. The molecular weight excluding hydrogens is 424 g/mol. The normalized spacial score (nSPS) is 12.8. The molecule has 0 radical (unpaired) electrons. The van der Waals surface area contributed by atoms with Gasteiger partial charge in [-0.1, -0.05) is 91.0 Å². The number of carbonyl (C=O) groups is 2. The molecule has 0 aliphatic carbocycles. The molecule has 0 spiro atoms. The first kappa shape index (κ1) is 24.9. The van der Waals surface area contributed by atoms with E-state index >= 15 is 0 Å². The topological polar surface area (TPSA) is 67.8 Å². The molecule has 0 aliphatic heterocycles. The maximum absolute atomic E-state index is 13.4. The van der Waals surface area contributed by atoms with Gasteiger partial charge in [0.15, 0.2) is 0 Å². The molecule has 3 aromatic rings. The Kier molecular flexibility index (Phi) is 8.36. The van der Waals surface area contributed by atoms with Crippen LogP contribution in [0.3, 0.4) is 0 Å². The molecule has 0 saturated heterocycles. The van der Waals surface area contributed by atoms with Crippen molar-refractivity contribution in [3.8, 4) is 0 Å². The summed E-state index contributed by atoms with van der Waals surface area (Å²) in [5.74, 6) is -0.804. The van der Waals surface area contributed by atoms with Crippen LogP contribution in [-0.4, -0.2) is 35.3 Å². The molecule has 3 aromatic carbocycles. The molecular formula is C29H32N2O3. The first-order valence-corrected chi connectivity index (χ1v) is 11.5. The Morgan fingerprint density at radius 1 is 0.824 bits per heavy atom. The summed E-state index contributed by atoms with van der Waals surface area (Å²) in [6, 6.07) is 27.8. The highest BCUT2D eigenvalue weighted by atomic mass is 16.6. The van der Waals surface area contributed by atoms with Crippen LogP contribution in [0.5, 0.6) is 0 Å². The van der Waals surface area contributed by atoms with Gasteiger partial charge in [-0.2, -0.15) is 0 Å². The summed E-state index contributed by atoms with van der Waals surface area (Å²) >= 11 is 0. The lowest BCUT2D eigenvalue weighted by Gasteiger charge is -2.24. The third kappa shape index (κ3) is 7.41. The smallest absolute Gasteiger partial charge is 0.328 e. The fraction of sp³-hybridized carbons (Fsp3) is 0.276. The molecule has 0 heterocycles. The molecule has 3 rings (SSSR count). The van der Waals surface area contributed by atoms with E-state index in [0.29, 0.717) is 6.42 Å². The molecule has 0 bridgehead atoms. The number of nitrogens with one attached hydrogen (secondary N) is 1. The summed E-state index contributed by atoms with van der Waals surface area (Å²) in [6.07, 6.45) is 0.400. The fourth-order valence-corrected chi connectivity index (χ4v) is 3.46. The van der Waals surface area contributed by atoms with Crippen molar-refractivity contribution in [1.82, 2.24) is 5.32 Å². The molecule has 0 aromatic heterocycles. The molecule has 1 N–H and O–H groups in total. The quantitative estimate of drug-likeness (QED) is 0.384. The molecule has 5 nitrogen and oxygen atoms in total. The van der Waals surface area contributed by atoms with Crippen molar-refractivity contribution in [2.75, 3.05) is 0 Å². The minimum atomic E-state index is -0.794. The Bertz CT molecular complexity index is 1060. The van der Waals surface area contributed by atoms with Gasteiger partial charge in [0.05, 0.1) is 5.71 Å². The number of nitrogens with zero attached hydrogens (tertiary/aromatic N) is 1. The van der Waals surface area contributed by atoms with Gasteiger partial charge < -0.3 is 10.1 Å². The van der Waals surface area contributed by atoms with Crippen LogP contribution in [0.4, 0.5) is 0 Å². The highest BCUT2D eigenvalue weighted by Crippen LogP contribution is 2.15. The highest BCUT2D eigenvalue weighted by molar-refractivity contribution is 6.13. The van der Waals surface area contributed by atoms with Gasteiger partial charge in [0.2, 0.25) is 5.91 Å². The molecule has 0 aliphatic rings. The van der Waals surface area contributed by atoms with E-state index < -0.39 is 23.7 Å². The van der Waals surface area contributed by atoms with E-state index in [4.69, 9.17) is 9.73 Å². The van der Waals surface area contributed by atoms with Gasteiger partial charge in [0.1, 0.15) is 17.7 Å². The lowest BCUT2D eigenvalue weighted by atomic mass is 10.00. The van der Waals surface area contributed by atoms with Gasteiger partial charge in [-0.15, -0.1) is 0 Å². The molecule has 34 heavy (non-hydrogen) atoms. The highest BCUT2D eigenvalue weighted by Gasteiger charge is 2.27. The third-order valence-electron chi connectivity index (χ3n) is 5.07. The minimum Gasteiger partial charge on any atom is -0.458 e. The van der Waals surface area contributed by atoms with Crippen LogP contribution in [0.1, 0.15) is 44.4 Å². The maximum atomic E-state index is 13.4. The second-order valence-corrected chi connectivity index (χ2v) is 9.18. The van der Waals surface area contributed by atoms with E-state index in [1.807, 2.05) is 91.0 Å². The van der Waals surface area contributed by atoms with Crippen LogP contribution >= 0.6 is 0 Å². The van der Waals surface area contributed by atoms with Crippen molar-refractivity contribution in [3.63, 3.8) is 0 Å². The number of ether oxygens (including phenoxy) is 1. The second-order valence-electron chi connectivity index (χ2n) is 9.18. The van der Waals surface area contributed by atoms with E-state index in [1.165, 1.54) is 0 Å². The first-order valence-electron chi connectivity index (χ1n) is 11.5. The minimum absolute atomic E-state index is 0.327. The average molecular weight is 457 g/mol. The third-order valence-corrected chi connectivity index (χ3v) is 5.07. The fourth-order valence-electron chi connectivity index (χ4n) is 3.46. The molecule has 0 unspecified atom stereocenters. The molecule has 0 saturated carbocycles. The number of hydrogen-bond acceptors (Lipinski definition) is 4. The Morgan fingerprint density at radius 2 is 1.29 bits per heavy atom. The molecule has 176 valence electrons. The summed E-state index contributed by atoms with van der Waals surface area (Å²) in [6.45, 7) is 7.03. The van der Waals surface area contributed by atoms with Crippen molar-refractivity contribution in [2.24, 2.45) is 4.99 Å². The summed E-state index contributed by atoms with van der Waals surface area (Å²) in [5.41, 5.74) is 2.91. The number of carbonyl (C=O) groups excluding carboxylic acids is 2. The Balaban J connectivity index is 1.96. The Morgan fingerprint density at radius 3 is 1.76 bits per heavy atom. The van der Waals surface area contributed by atoms with E-state index in [2.05, 4.69) is 5.32 Å². The second kappa shape index (κ2) is 11.4. The predicted octanol–water partition coefficient (Wildman–Crippen LogP) is 4.98. The largest absolute Gasteiger partial charge is 0.458 e. The summed E-state index contributed by atoms with van der Waals surface area (Å²) in [5, 5.41) is 2.81. The van der Waals surface area contributed by atoms with Crippen molar-refractivity contribution in [2.45, 2.75) is 51.8 Å². The molecule has 2 atom stereocenters. The summed E-state index contributed by atoms with van der Waals surface area (Å²) in [7, 11) is 0. The zero-order chi connectivity index (χ0) is 24.6. The monoisotopic (exact) mass is 456 g/mol. The molecule has 0 fully saturated rings. The molecule has 1 amide bonds. The van der Waals surface area contributed by atoms with Crippen LogP contribution in [0.15, 0.2) is 96.0 Å². The van der Waals surface area contributed by atoms with E-state index in [0.717, 1.165) is 22.4 Å². The van der Waals surface area contributed by atoms with Crippen LogP contribution in [0, 0.1) is 0 Å². The van der Waals surface area contributed by atoms with Crippen molar-refractivity contribution >= 4 is 17.6 Å². The number of esters is 1. The van der Waals surface area contributed by atoms with Crippen molar-refractivity contribution in [1.29, 1.82) is 0 Å². The maximum Gasteiger partial charge on any atom is 0.328 e. The Labute approximate surface area is 201 Å². The van der Waals surface area contributed by atoms with Gasteiger partial charge in [-0.05, 0) is 33.3 Å². The number of rotatable bonds is 8. The zero-order valence-corrected chi connectivity index (χ0v) is 20.2. The van der Waals surface area contributed by atoms with Gasteiger partial charge in [-0.25, -0.2) is 4.79 Å². The molecule has 5 heteroatoms. The SMILES string of the molecule is C[C@H](NC(=O)[C@@H](Cc1ccccc1)N=C(c1ccccc1)c1ccccc1)C(=O)OC(C)(C)C. The van der Waals surface area contributed by atoms with Crippen molar-refractivity contribution < 1.29 is 14.3 Å². The number of benzene rings is 3. The summed E-state index contributed by atoms with van der Waals surface area (Å²) < 4.78 is 5.43. The predicted molar refractivity (Wildman–Crippen MR) is 136 cm³/mol. The lowest BCUT2D eigenvalue weighted by Crippen LogP contribution is -2.46. The van der Waals surface area contributed by atoms with Crippen molar-refractivity contribution in [3.05, 3.63) is 108 Å². The van der Waals surface area contributed by atoms with Gasteiger partial charge in [0, 0.05) is 17.5 Å². The van der Waals surface area contributed by atoms with Gasteiger partial charge >= 0.3 is 5.97 Å². The van der Waals surface area contributed by atoms with Gasteiger partial charge in [0.25, 0.3) is 0 Å². The lowest BCUT2D eigenvalue weighted by molar-refractivity contribution is -0.158. The van der Waals surface area contributed by atoms with Crippen LogP contribution in [0.2, 0.25) is 0 Å². The van der Waals surface area contributed by atoms with Gasteiger partial charge in [-0.3, -0.25) is 9.79 Å². The average Bonchev–Trinajstić information content (AvgIpc) is 2.82. The van der Waals surface area contributed by atoms with Crippen LogP contribution in [-0.2, 0) is 20.7 Å². The standard InChI is InChI=1S/C29H32N2O3/c1-21(28(33)34-29(2,3)4)30-27(32)25(20-22-14-8-5-9-15-22)31-26(23-16-10-6-11-17-23)24-18-12-7-13-19-24/h5-19,21,25H,20H2,1-4H3,(H,30,32)/t21-,25+/m0/s1. The van der Waals surface area contributed by atoms with Crippen LogP contribution in [0.25, 0.3) is 0 Å². The van der Waals surface area contributed by atoms with E-state index in [-0.39, 0.29) is 5.91 Å². The van der Waals surface area contributed by atoms with Crippen LogP contribution < -0.4 is 5.32 Å². The van der Waals surface area contributed by atoms with E-state index in [1.54, 1.807) is 27.7 Å². The number of hydrogen-bond donors (Lipinski definition) is 1. The number of aliphatic imine (C=N–C) groups is 1. The summed E-state index contributed by atoms with van der Waals surface area (Å²) in [4.78, 5) is 30.8. The van der Waals surface area contributed by atoms with E-state index in [9.17, 15) is 9.59 Å².